The largest absolute Gasteiger partial charge is 0.354 e. The van der Waals surface area contributed by atoms with E-state index < -0.39 is 0 Å². The lowest BCUT2D eigenvalue weighted by molar-refractivity contribution is -0.124. The summed E-state index contributed by atoms with van der Waals surface area (Å²) in [5.74, 6) is 0.424. The molecule has 0 aromatic rings. The number of amides is 1. The number of rotatable bonds is 3. The number of nitrogens with one attached hydrogen (secondary N) is 1. The second kappa shape index (κ2) is 4.33. The highest BCUT2D eigenvalue weighted by atomic mass is 16.2. The number of nitrogens with zero attached hydrogens (tertiary/aromatic N) is 1. The quantitative estimate of drug-likeness (QED) is 0.628. The molecule has 2 unspecified atom stereocenters. The molecule has 0 aromatic carbocycles. The summed E-state index contributed by atoms with van der Waals surface area (Å²) < 4.78 is 0. The van der Waals surface area contributed by atoms with Crippen molar-refractivity contribution in [3.8, 4) is 0 Å². The Morgan fingerprint density at radius 3 is 3.20 bits per heavy atom. The van der Waals surface area contributed by atoms with E-state index in [4.69, 9.17) is 5.73 Å². The van der Waals surface area contributed by atoms with E-state index in [0.29, 0.717) is 12.6 Å². The Balaban J connectivity index is 2.00. The van der Waals surface area contributed by atoms with Crippen LogP contribution in [0.15, 0.2) is 12.2 Å². The number of carbonyl (C=O) groups is 1. The molecule has 0 saturated carbocycles. The fraction of sp³-hybridized carbons (Fsp3) is 0.727. The minimum Gasteiger partial charge on any atom is -0.354 e. The zero-order valence-electron chi connectivity index (χ0n) is 9.04. The molecule has 0 aliphatic carbocycles. The maximum absolute atomic E-state index is 11.5. The minimum atomic E-state index is 0.198. The first-order chi connectivity index (χ1) is 7.22. The first-order valence-corrected chi connectivity index (χ1v) is 5.61. The van der Waals surface area contributed by atoms with Gasteiger partial charge >= 0.3 is 0 Å². The lowest BCUT2D eigenvalue weighted by Crippen LogP contribution is -2.46. The van der Waals surface area contributed by atoms with E-state index in [2.05, 4.69) is 16.8 Å². The number of likely N-dealkylation sites (tertiary alicyclic amines) is 1. The molecule has 2 saturated heterocycles. The van der Waals surface area contributed by atoms with Gasteiger partial charge in [-0.05, 0) is 25.0 Å². The average molecular weight is 209 g/mol. The van der Waals surface area contributed by atoms with E-state index in [1.54, 1.807) is 0 Å². The molecule has 2 aliphatic heterocycles. The lowest BCUT2D eigenvalue weighted by atomic mass is 9.91. The third-order valence-corrected chi connectivity index (χ3v) is 3.43. The number of hydrogen-bond donors (Lipinski definition) is 2. The van der Waals surface area contributed by atoms with E-state index in [1.807, 2.05) is 0 Å². The van der Waals surface area contributed by atoms with Crippen molar-refractivity contribution >= 4 is 5.91 Å². The van der Waals surface area contributed by atoms with E-state index in [0.717, 1.165) is 38.0 Å². The summed E-state index contributed by atoms with van der Waals surface area (Å²) in [6.07, 6.45) is 2.13. The van der Waals surface area contributed by atoms with Gasteiger partial charge in [0.1, 0.15) is 0 Å². The first-order valence-electron chi connectivity index (χ1n) is 5.61. The molecule has 0 radical (unpaired) electrons. The number of hydrogen-bond acceptors (Lipinski definition) is 3. The molecule has 84 valence electrons. The molecular formula is C11H19N3O. The predicted molar refractivity (Wildman–Crippen MR) is 59.3 cm³/mol. The Morgan fingerprint density at radius 1 is 1.67 bits per heavy atom. The van der Waals surface area contributed by atoms with Gasteiger partial charge in [-0.1, -0.05) is 6.58 Å². The lowest BCUT2D eigenvalue weighted by Gasteiger charge is -2.36. The first kappa shape index (κ1) is 10.6. The van der Waals surface area contributed by atoms with Gasteiger partial charge in [0.2, 0.25) is 5.91 Å². The molecule has 2 fully saturated rings. The topological polar surface area (TPSA) is 58.4 Å². The van der Waals surface area contributed by atoms with E-state index in [-0.39, 0.29) is 11.8 Å². The molecule has 2 atom stereocenters. The van der Waals surface area contributed by atoms with Gasteiger partial charge in [-0.3, -0.25) is 9.69 Å². The molecule has 15 heavy (non-hydrogen) atoms. The highest BCUT2D eigenvalue weighted by molar-refractivity contribution is 5.82. The Kier molecular flexibility index (Phi) is 3.07. The molecule has 1 amide bonds. The predicted octanol–water partition coefficient (Wildman–Crippen LogP) is -0.288. The Morgan fingerprint density at radius 2 is 2.47 bits per heavy atom. The third-order valence-electron chi connectivity index (χ3n) is 3.43. The monoisotopic (exact) mass is 209 g/mol. The van der Waals surface area contributed by atoms with Crippen molar-refractivity contribution in [2.75, 3.05) is 26.2 Å². The highest BCUT2D eigenvalue weighted by Crippen LogP contribution is 2.27. The van der Waals surface area contributed by atoms with Crippen LogP contribution in [0, 0.1) is 5.92 Å². The highest BCUT2D eigenvalue weighted by Gasteiger charge is 2.40. The van der Waals surface area contributed by atoms with Crippen molar-refractivity contribution in [3.63, 3.8) is 0 Å². The molecule has 0 spiro atoms. The second-order valence-corrected chi connectivity index (χ2v) is 4.49. The van der Waals surface area contributed by atoms with Crippen LogP contribution in [0.25, 0.3) is 0 Å². The Bertz CT molecular complexity index is 277. The van der Waals surface area contributed by atoms with Crippen LogP contribution in [0.5, 0.6) is 0 Å². The minimum absolute atomic E-state index is 0.198. The van der Waals surface area contributed by atoms with Crippen LogP contribution in [-0.4, -0.2) is 43.0 Å². The Hall–Kier alpha value is -0.870. The molecular weight excluding hydrogens is 190 g/mol. The van der Waals surface area contributed by atoms with Crippen molar-refractivity contribution in [1.82, 2.24) is 10.2 Å². The Labute approximate surface area is 90.5 Å². The number of piperidine rings is 1. The molecule has 3 N–H and O–H groups in total. The number of fused-ring (bicyclic) bond motifs is 1. The standard InChI is InChI=1S/C11H19N3O/c1-8(5-12)7-14-4-2-3-9-10(14)6-13-11(9)15/h9-10H,1-7,12H2,(H,13,15). The second-order valence-electron chi connectivity index (χ2n) is 4.49. The van der Waals surface area contributed by atoms with Gasteiger partial charge in [0, 0.05) is 25.7 Å². The smallest absolute Gasteiger partial charge is 0.224 e. The van der Waals surface area contributed by atoms with Gasteiger partial charge in [0.15, 0.2) is 0 Å². The van der Waals surface area contributed by atoms with Gasteiger partial charge in [-0.25, -0.2) is 0 Å². The van der Waals surface area contributed by atoms with Crippen LogP contribution in [-0.2, 0) is 4.79 Å². The van der Waals surface area contributed by atoms with E-state index in [9.17, 15) is 4.79 Å². The summed E-state index contributed by atoms with van der Waals surface area (Å²) >= 11 is 0. The molecule has 4 heteroatoms. The van der Waals surface area contributed by atoms with E-state index >= 15 is 0 Å². The normalized spacial score (nSPS) is 31.1. The van der Waals surface area contributed by atoms with Gasteiger partial charge in [0.25, 0.3) is 0 Å². The molecule has 2 rings (SSSR count). The fourth-order valence-electron chi connectivity index (χ4n) is 2.59. The van der Waals surface area contributed by atoms with Crippen LogP contribution >= 0.6 is 0 Å². The summed E-state index contributed by atoms with van der Waals surface area (Å²) in [7, 11) is 0. The molecule has 2 aliphatic rings. The summed E-state index contributed by atoms with van der Waals surface area (Å²) in [4.78, 5) is 13.9. The van der Waals surface area contributed by atoms with Crippen LogP contribution < -0.4 is 11.1 Å². The van der Waals surface area contributed by atoms with Gasteiger partial charge in [-0.2, -0.15) is 0 Å². The fourth-order valence-corrected chi connectivity index (χ4v) is 2.59. The van der Waals surface area contributed by atoms with Crippen molar-refractivity contribution in [3.05, 3.63) is 12.2 Å². The maximum atomic E-state index is 11.5. The van der Waals surface area contributed by atoms with Crippen LogP contribution in [0.1, 0.15) is 12.8 Å². The zero-order valence-corrected chi connectivity index (χ0v) is 9.04. The van der Waals surface area contributed by atoms with Crippen molar-refractivity contribution in [1.29, 1.82) is 0 Å². The zero-order chi connectivity index (χ0) is 10.8. The van der Waals surface area contributed by atoms with Crippen molar-refractivity contribution in [2.45, 2.75) is 18.9 Å². The summed E-state index contributed by atoms with van der Waals surface area (Å²) in [5.41, 5.74) is 6.60. The van der Waals surface area contributed by atoms with Crippen molar-refractivity contribution < 1.29 is 4.79 Å². The SMILES string of the molecule is C=C(CN)CN1CCCC2C(=O)NCC21. The van der Waals surface area contributed by atoms with Crippen molar-refractivity contribution in [2.24, 2.45) is 11.7 Å². The molecule has 0 bridgehead atoms. The average Bonchev–Trinajstić information content (AvgIpc) is 2.62. The number of nitrogens with two attached hydrogens (primary N) is 1. The number of carbonyl (C=O) groups excluding carboxylic acids is 1. The summed E-state index contributed by atoms with van der Waals surface area (Å²) in [5, 5.41) is 2.94. The maximum Gasteiger partial charge on any atom is 0.224 e. The van der Waals surface area contributed by atoms with Gasteiger partial charge in [-0.15, -0.1) is 0 Å². The summed E-state index contributed by atoms with van der Waals surface area (Å²) in [6, 6.07) is 0.370. The van der Waals surface area contributed by atoms with Crippen LogP contribution in [0.2, 0.25) is 0 Å². The van der Waals surface area contributed by atoms with Crippen LogP contribution in [0.3, 0.4) is 0 Å². The third kappa shape index (κ3) is 2.06. The van der Waals surface area contributed by atoms with Gasteiger partial charge < -0.3 is 11.1 Å². The molecule has 0 aromatic heterocycles. The van der Waals surface area contributed by atoms with E-state index in [1.165, 1.54) is 0 Å². The summed E-state index contributed by atoms with van der Waals surface area (Å²) in [6.45, 7) is 7.16. The van der Waals surface area contributed by atoms with Crippen LogP contribution in [0.4, 0.5) is 0 Å². The van der Waals surface area contributed by atoms with Gasteiger partial charge in [0.05, 0.1) is 5.92 Å². The molecule has 4 nitrogen and oxygen atoms in total. The molecule has 2 heterocycles.